The van der Waals surface area contributed by atoms with Gasteiger partial charge in [-0.3, -0.25) is 0 Å². The van der Waals surface area contributed by atoms with Crippen LogP contribution in [0.1, 0.15) is 22.3 Å². The first-order valence-corrected chi connectivity index (χ1v) is 6.00. The van der Waals surface area contributed by atoms with Crippen LogP contribution in [0.25, 0.3) is 0 Å². The van der Waals surface area contributed by atoms with Gasteiger partial charge in [0.25, 0.3) is 0 Å². The monoisotopic (exact) mass is 224 g/mol. The van der Waals surface area contributed by atoms with Crippen molar-refractivity contribution in [3.63, 3.8) is 0 Å². The molecule has 3 N–H and O–H groups in total. The van der Waals surface area contributed by atoms with Crippen LogP contribution in [0.2, 0.25) is 0 Å². The molecule has 0 saturated carbocycles. The van der Waals surface area contributed by atoms with E-state index in [0.29, 0.717) is 6.54 Å². The summed E-state index contributed by atoms with van der Waals surface area (Å²) in [7, 11) is 0. The van der Waals surface area contributed by atoms with Gasteiger partial charge in [0.1, 0.15) is 0 Å². The molecular formula is C15H16N2. The third-order valence-electron chi connectivity index (χ3n) is 3.45. The highest BCUT2D eigenvalue weighted by atomic mass is 14.9. The molecule has 1 aliphatic heterocycles. The third-order valence-corrected chi connectivity index (χ3v) is 3.45. The molecule has 0 radical (unpaired) electrons. The lowest BCUT2D eigenvalue weighted by molar-refractivity contribution is 1.02. The highest BCUT2D eigenvalue weighted by Gasteiger charge is 2.14. The molecule has 86 valence electrons. The number of hydrogen-bond donors (Lipinski definition) is 2. The molecule has 2 aromatic carbocycles. The summed E-state index contributed by atoms with van der Waals surface area (Å²) in [6, 6.07) is 14.9. The van der Waals surface area contributed by atoms with Crippen molar-refractivity contribution < 1.29 is 0 Å². The van der Waals surface area contributed by atoms with Gasteiger partial charge in [0, 0.05) is 25.2 Å². The number of nitrogens with two attached hydrogens (primary N) is 1. The van der Waals surface area contributed by atoms with Gasteiger partial charge in [0.2, 0.25) is 0 Å². The van der Waals surface area contributed by atoms with Crippen molar-refractivity contribution >= 4 is 5.69 Å². The van der Waals surface area contributed by atoms with Crippen molar-refractivity contribution in [1.29, 1.82) is 0 Å². The Morgan fingerprint density at radius 2 is 1.82 bits per heavy atom. The summed E-state index contributed by atoms with van der Waals surface area (Å²) in [5.41, 5.74) is 12.4. The van der Waals surface area contributed by atoms with Crippen LogP contribution in [0.15, 0.2) is 42.5 Å². The van der Waals surface area contributed by atoms with E-state index in [1.54, 1.807) is 0 Å². The molecule has 1 heterocycles. The van der Waals surface area contributed by atoms with Gasteiger partial charge < -0.3 is 11.1 Å². The molecule has 0 aliphatic carbocycles. The molecule has 1 aliphatic rings. The smallest absolute Gasteiger partial charge is 0.0403 e. The van der Waals surface area contributed by atoms with E-state index in [0.717, 1.165) is 13.0 Å². The Kier molecular flexibility index (Phi) is 2.57. The standard InChI is InChI=1S/C15H16N2/c16-9-12-6-3-7-15-14(12)8-11-4-1-2-5-13(11)10-17-15/h1-7,17H,8-10,16H2. The zero-order chi connectivity index (χ0) is 11.7. The van der Waals surface area contributed by atoms with Gasteiger partial charge in [0.05, 0.1) is 0 Å². The lowest BCUT2D eigenvalue weighted by Gasteiger charge is -2.11. The Morgan fingerprint density at radius 1 is 1.00 bits per heavy atom. The average Bonchev–Trinajstić information content (AvgIpc) is 2.57. The first-order chi connectivity index (χ1) is 8.38. The predicted molar refractivity (Wildman–Crippen MR) is 70.9 cm³/mol. The summed E-state index contributed by atoms with van der Waals surface area (Å²) >= 11 is 0. The summed E-state index contributed by atoms with van der Waals surface area (Å²) in [5, 5.41) is 3.50. The molecule has 0 aromatic heterocycles. The topological polar surface area (TPSA) is 38.0 Å². The van der Waals surface area contributed by atoms with E-state index in [1.165, 1.54) is 27.9 Å². The van der Waals surface area contributed by atoms with Crippen molar-refractivity contribution in [1.82, 2.24) is 0 Å². The van der Waals surface area contributed by atoms with Crippen molar-refractivity contribution in [2.45, 2.75) is 19.5 Å². The van der Waals surface area contributed by atoms with Crippen LogP contribution in [0, 0.1) is 0 Å². The van der Waals surface area contributed by atoms with Gasteiger partial charge >= 0.3 is 0 Å². The second-order valence-electron chi connectivity index (χ2n) is 4.45. The number of anilines is 1. The molecule has 17 heavy (non-hydrogen) atoms. The minimum atomic E-state index is 0.604. The maximum absolute atomic E-state index is 5.82. The number of benzene rings is 2. The average molecular weight is 224 g/mol. The van der Waals surface area contributed by atoms with Gasteiger partial charge in [0.15, 0.2) is 0 Å². The van der Waals surface area contributed by atoms with E-state index in [1.807, 2.05) is 0 Å². The van der Waals surface area contributed by atoms with Crippen LogP contribution >= 0.6 is 0 Å². The highest BCUT2D eigenvalue weighted by Crippen LogP contribution is 2.28. The van der Waals surface area contributed by atoms with E-state index in [9.17, 15) is 0 Å². The quantitative estimate of drug-likeness (QED) is 0.781. The molecule has 0 saturated heterocycles. The zero-order valence-electron chi connectivity index (χ0n) is 9.74. The molecule has 2 aromatic rings. The molecule has 0 spiro atoms. The number of nitrogens with one attached hydrogen (secondary N) is 1. The Labute approximate surface area is 101 Å². The SMILES string of the molecule is NCc1cccc2c1Cc1ccccc1CN2. The Balaban J connectivity index is 2.12. The minimum Gasteiger partial charge on any atom is -0.381 e. The van der Waals surface area contributed by atoms with Gasteiger partial charge in [-0.2, -0.15) is 0 Å². The minimum absolute atomic E-state index is 0.604. The second-order valence-corrected chi connectivity index (χ2v) is 4.45. The van der Waals surface area contributed by atoms with Gasteiger partial charge in [-0.05, 0) is 28.3 Å². The van der Waals surface area contributed by atoms with E-state index in [-0.39, 0.29) is 0 Å². The van der Waals surface area contributed by atoms with E-state index in [4.69, 9.17) is 5.73 Å². The van der Waals surface area contributed by atoms with Crippen molar-refractivity contribution in [3.8, 4) is 0 Å². The third kappa shape index (κ3) is 1.81. The first kappa shape index (κ1) is 10.4. The number of fused-ring (bicyclic) bond motifs is 2. The molecule has 0 bridgehead atoms. The summed E-state index contributed by atoms with van der Waals surface area (Å²) in [5.74, 6) is 0. The van der Waals surface area contributed by atoms with E-state index >= 15 is 0 Å². The van der Waals surface area contributed by atoms with Crippen molar-refractivity contribution in [2.75, 3.05) is 5.32 Å². The highest BCUT2D eigenvalue weighted by molar-refractivity contribution is 5.59. The molecular weight excluding hydrogens is 208 g/mol. The Morgan fingerprint density at radius 3 is 2.65 bits per heavy atom. The maximum atomic E-state index is 5.82. The fraction of sp³-hybridized carbons (Fsp3) is 0.200. The lowest BCUT2D eigenvalue weighted by Crippen LogP contribution is -2.04. The zero-order valence-corrected chi connectivity index (χ0v) is 9.74. The predicted octanol–water partition coefficient (Wildman–Crippen LogP) is 2.66. The largest absolute Gasteiger partial charge is 0.381 e. The summed E-state index contributed by atoms with van der Waals surface area (Å²) in [6.07, 6.45) is 0.978. The van der Waals surface area contributed by atoms with Crippen molar-refractivity contribution in [2.24, 2.45) is 5.73 Å². The maximum Gasteiger partial charge on any atom is 0.0403 e. The molecule has 0 atom stereocenters. The van der Waals surface area contributed by atoms with E-state index in [2.05, 4.69) is 47.8 Å². The molecule has 0 amide bonds. The molecule has 3 rings (SSSR count). The summed E-state index contributed by atoms with van der Waals surface area (Å²) in [6.45, 7) is 1.50. The Bertz CT molecular complexity index is 546. The number of hydrogen-bond acceptors (Lipinski definition) is 2. The first-order valence-electron chi connectivity index (χ1n) is 6.00. The van der Waals surface area contributed by atoms with Gasteiger partial charge in [-0.1, -0.05) is 36.4 Å². The molecule has 2 heteroatoms. The van der Waals surface area contributed by atoms with Crippen LogP contribution in [0.3, 0.4) is 0 Å². The lowest BCUT2D eigenvalue weighted by atomic mass is 9.97. The van der Waals surface area contributed by atoms with Crippen LogP contribution in [0.5, 0.6) is 0 Å². The fourth-order valence-corrected chi connectivity index (χ4v) is 2.48. The molecule has 0 fully saturated rings. The summed E-state index contributed by atoms with van der Waals surface area (Å²) in [4.78, 5) is 0. The Hall–Kier alpha value is -1.80. The van der Waals surface area contributed by atoms with Crippen LogP contribution in [-0.4, -0.2) is 0 Å². The van der Waals surface area contributed by atoms with Crippen LogP contribution in [-0.2, 0) is 19.5 Å². The fourth-order valence-electron chi connectivity index (χ4n) is 2.48. The molecule has 0 unspecified atom stereocenters. The van der Waals surface area contributed by atoms with Crippen LogP contribution in [0.4, 0.5) is 5.69 Å². The normalized spacial score (nSPS) is 13.2. The second kappa shape index (κ2) is 4.22. The summed E-state index contributed by atoms with van der Waals surface area (Å²) < 4.78 is 0. The van der Waals surface area contributed by atoms with Crippen molar-refractivity contribution in [3.05, 3.63) is 64.7 Å². The molecule has 2 nitrogen and oxygen atoms in total. The van der Waals surface area contributed by atoms with E-state index < -0.39 is 0 Å². The van der Waals surface area contributed by atoms with Crippen LogP contribution < -0.4 is 11.1 Å². The van der Waals surface area contributed by atoms with Gasteiger partial charge in [-0.15, -0.1) is 0 Å². The number of rotatable bonds is 1. The van der Waals surface area contributed by atoms with Gasteiger partial charge in [-0.25, -0.2) is 0 Å².